The predicted octanol–water partition coefficient (Wildman–Crippen LogP) is 7.68. The van der Waals surface area contributed by atoms with Crippen molar-refractivity contribution >= 4 is 17.9 Å². The SMILES string of the molecule is COc1ccc(C23CCC(CN(C(=O)C4CCC(OC(=O)N5CC(C)C5)CC4)c4nccc(-c5cnn(C(C)(C)C)c5)n4)(CC2)CC3)cc1C. The molecule has 2 amide bonds. The number of rotatable bonds is 8. The number of fused-ring (bicyclic) bond motifs is 3. The molecular formula is C40H54N6O4. The molecule has 0 atom stereocenters. The quantitative estimate of drug-likeness (QED) is 0.240. The summed E-state index contributed by atoms with van der Waals surface area (Å²) in [5, 5.41) is 4.60. The second kappa shape index (κ2) is 13.3. The van der Waals surface area contributed by atoms with Crippen molar-refractivity contribution in [2.75, 3.05) is 31.6 Å². The van der Waals surface area contributed by atoms with Crippen molar-refractivity contribution in [1.82, 2.24) is 24.6 Å². The van der Waals surface area contributed by atoms with E-state index < -0.39 is 0 Å². The topological polar surface area (TPSA) is 103 Å². The van der Waals surface area contributed by atoms with E-state index in [1.54, 1.807) is 18.2 Å². The zero-order chi connectivity index (χ0) is 35.3. The number of aryl methyl sites for hydroxylation is 1. The van der Waals surface area contributed by atoms with Crippen LogP contribution in [0.3, 0.4) is 0 Å². The molecule has 4 aliphatic carbocycles. The molecule has 2 aromatic heterocycles. The highest BCUT2D eigenvalue weighted by Crippen LogP contribution is 2.58. The molecule has 0 N–H and O–H groups in total. The molecule has 3 heterocycles. The Morgan fingerprint density at radius 1 is 1.00 bits per heavy atom. The van der Waals surface area contributed by atoms with Gasteiger partial charge >= 0.3 is 6.09 Å². The molecule has 5 fully saturated rings. The molecule has 268 valence electrons. The van der Waals surface area contributed by atoms with Crippen molar-refractivity contribution in [3.05, 3.63) is 54.0 Å². The van der Waals surface area contributed by atoms with Crippen LogP contribution in [0.2, 0.25) is 0 Å². The summed E-state index contributed by atoms with van der Waals surface area (Å²) in [4.78, 5) is 40.7. The van der Waals surface area contributed by atoms with E-state index in [4.69, 9.17) is 19.4 Å². The Kier molecular flexibility index (Phi) is 9.18. The predicted molar refractivity (Wildman–Crippen MR) is 193 cm³/mol. The lowest BCUT2D eigenvalue weighted by atomic mass is 9.51. The zero-order valence-corrected chi connectivity index (χ0v) is 30.8. The zero-order valence-electron chi connectivity index (χ0n) is 30.8. The number of amides is 2. The van der Waals surface area contributed by atoms with Crippen LogP contribution < -0.4 is 9.64 Å². The van der Waals surface area contributed by atoms with Gasteiger partial charge in [-0.1, -0.05) is 19.1 Å². The highest BCUT2D eigenvalue weighted by atomic mass is 16.6. The number of nitrogens with zero attached hydrogens (tertiary/aromatic N) is 6. The molecule has 10 heteroatoms. The summed E-state index contributed by atoms with van der Waals surface area (Å²) in [6.07, 6.45) is 14.6. The lowest BCUT2D eigenvalue weighted by Crippen LogP contribution is -2.52. The van der Waals surface area contributed by atoms with Crippen molar-refractivity contribution in [3.8, 4) is 17.0 Å². The summed E-state index contributed by atoms with van der Waals surface area (Å²) in [5.74, 6) is 1.88. The molecule has 1 aliphatic heterocycles. The first-order valence-corrected chi connectivity index (χ1v) is 18.7. The van der Waals surface area contributed by atoms with Gasteiger partial charge in [-0.2, -0.15) is 5.10 Å². The largest absolute Gasteiger partial charge is 0.496 e. The maximum absolute atomic E-state index is 14.6. The van der Waals surface area contributed by atoms with E-state index in [-0.39, 0.29) is 40.4 Å². The van der Waals surface area contributed by atoms with Gasteiger partial charge in [0, 0.05) is 43.5 Å². The first kappa shape index (κ1) is 34.5. The Morgan fingerprint density at radius 2 is 1.70 bits per heavy atom. The molecule has 1 aromatic carbocycles. The third-order valence-electron chi connectivity index (χ3n) is 12.2. The Balaban J connectivity index is 1.10. The Bertz CT molecular complexity index is 1690. The van der Waals surface area contributed by atoms with Gasteiger partial charge < -0.3 is 14.4 Å². The van der Waals surface area contributed by atoms with Crippen molar-refractivity contribution in [2.24, 2.45) is 17.3 Å². The number of anilines is 1. The lowest BCUT2D eigenvalue weighted by molar-refractivity contribution is -0.124. The molecular weight excluding hydrogens is 628 g/mol. The van der Waals surface area contributed by atoms with E-state index in [0.717, 1.165) is 68.6 Å². The smallest absolute Gasteiger partial charge is 0.410 e. The summed E-state index contributed by atoms with van der Waals surface area (Å²) in [7, 11) is 1.73. The van der Waals surface area contributed by atoms with Gasteiger partial charge in [0.2, 0.25) is 11.9 Å². The van der Waals surface area contributed by atoms with Crippen molar-refractivity contribution in [3.63, 3.8) is 0 Å². The first-order chi connectivity index (χ1) is 23.9. The Hall–Kier alpha value is -3.95. The van der Waals surface area contributed by atoms with Gasteiger partial charge in [0.15, 0.2) is 0 Å². The number of methoxy groups -OCH3 is 1. The molecule has 10 nitrogen and oxygen atoms in total. The molecule has 5 aliphatic rings. The molecule has 2 bridgehead atoms. The van der Waals surface area contributed by atoms with E-state index in [0.29, 0.717) is 44.1 Å². The van der Waals surface area contributed by atoms with Crippen molar-refractivity contribution < 1.29 is 19.1 Å². The number of hydrogen-bond acceptors (Lipinski definition) is 7. The highest BCUT2D eigenvalue weighted by molar-refractivity contribution is 5.93. The van der Waals surface area contributed by atoms with Gasteiger partial charge in [0.05, 0.1) is 24.5 Å². The van der Waals surface area contributed by atoms with E-state index in [9.17, 15) is 9.59 Å². The first-order valence-electron chi connectivity index (χ1n) is 18.7. The van der Waals surface area contributed by atoms with Crippen molar-refractivity contribution in [1.29, 1.82) is 0 Å². The van der Waals surface area contributed by atoms with Gasteiger partial charge in [-0.3, -0.25) is 14.4 Å². The monoisotopic (exact) mass is 682 g/mol. The van der Waals surface area contributed by atoms with E-state index in [1.807, 2.05) is 28.0 Å². The third kappa shape index (κ3) is 6.74. The molecule has 0 radical (unpaired) electrons. The van der Waals surface area contributed by atoms with Crippen LogP contribution in [0.4, 0.5) is 10.7 Å². The number of carbonyl (C=O) groups is 2. The molecule has 50 heavy (non-hydrogen) atoms. The van der Waals surface area contributed by atoms with Crippen molar-refractivity contribution in [2.45, 2.75) is 116 Å². The second-order valence-electron chi connectivity index (χ2n) is 16.8. The van der Waals surface area contributed by atoms with Crippen LogP contribution in [0.25, 0.3) is 11.3 Å². The van der Waals surface area contributed by atoms with Gasteiger partial charge in [-0.15, -0.1) is 0 Å². The summed E-state index contributed by atoms with van der Waals surface area (Å²) < 4.78 is 13.4. The average molecular weight is 683 g/mol. The van der Waals surface area contributed by atoms with Crippen LogP contribution in [0.5, 0.6) is 5.75 Å². The number of aromatic nitrogens is 4. The minimum Gasteiger partial charge on any atom is -0.496 e. The molecule has 0 unspecified atom stereocenters. The van der Waals surface area contributed by atoms with E-state index in [2.05, 4.69) is 57.9 Å². The maximum Gasteiger partial charge on any atom is 0.410 e. The molecule has 0 spiro atoms. The molecule has 4 saturated carbocycles. The summed E-state index contributed by atoms with van der Waals surface area (Å²) >= 11 is 0. The molecule has 3 aromatic rings. The van der Waals surface area contributed by atoms with Gasteiger partial charge in [0.25, 0.3) is 0 Å². The number of carbonyl (C=O) groups excluding carboxylic acids is 2. The second-order valence-corrected chi connectivity index (χ2v) is 16.8. The Labute approximate surface area is 296 Å². The fraction of sp³-hybridized carbons (Fsp3) is 0.625. The minimum atomic E-state index is -0.214. The van der Waals surface area contributed by atoms with Crippen LogP contribution in [0, 0.1) is 24.2 Å². The van der Waals surface area contributed by atoms with Crippen LogP contribution in [-0.4, -0.2) is 69.5 Å². The van der Waals surface area contributed by atoms with Crippen LogP contribution in [0.1, 0.15) is 103 Å². The standard InChI is InChI=1S/C40H54N6O4/c1-27-23-44(24-27)37(48)50-32-10-7-29(8-11-32)35(47)45(36-41-20-13-33(43-36)30-22-42-46(25-30)38(3,4)5)26-39-14-17-40(18-15-39,19-16-39)31-9-12-34(49-6)28(2)21-31/h9,12-13,20-22,25,27,29,32H,7-8,10-11,14-19,23-24,26H2,1-6H3. The number of likely N-dealkylation sites (tertiary alicyclic amines) is 1. The van der Waals surface area contributed by atoms with Gasteiger partial charge in [-0.05, 0) is 132 Å². The summed E-state index contributed by atoms with van der Waals surface area (Å²) in [6, 6.07) is 8.61. The summed E-state index contributed by atoms with van der Waals surface area (Å²) in [5.41, 5.74) is 4.32. The van der Waals surface area contributed by atoms with Crippen LogP contribution in [0.15, 0.2) is 42.9 Å². The average Bonchev–Trinajstić information content (AvgIpc) is 3.62. The summed E-state index contributed by atoms with van der Waals surface area (Å²) in [6.45, 7) is 12.8. The molecule has 1 saturated heterocycles. The lowest BCUT2D eigenvalue weighted by Gasteiger charge is -2.55. The Morgan fingerprint density at radius 3 is 2.30 bits per heavy atom. The number of benzene rings is 1. The van der Waals surface area contributed by atoms with Crippen LogP contribution in [-0.2, 0) is 20.5 Å². The maximum atomic E-state index is 14.6. The minimum absolute atomic E-state index is 0.0243. The fourth-order valence-electron chi connectivity index (χ4n) is 8.90. The fourth-order valence-corrected chi connectivity index (χ4v) is 8.90. The van der Waals surface area contributed by atoms with E-state index in [1.165, 1.54) is 11.1 Å². The van der Waals surface area contributed by atoms with E-state index >= 15 is 0 Å². The van der Waals surface area contributed by atoms with Gasteiger partial charge in [0.1, 0.15) is 11.9 Å². The highest BCUT2D eigenvalue weighted by Gasteiger charge is 2.51. The van der Waals surface area contributed by atoms with Gasteiger partial charge in [-0.25, -0.2) is 14.8 Å². The normalized spacial score (nSPS) is 26.7. The van der Waals surface area contributed by atoms with Crippen LogP contribution >= 0.6 is 0 Å². The third-order valence-corrected chi connectivity index (χ3v) is 12.2. The number of ether oxygens (including phenoxy) is 2. The molecule has 8 rings (SSSR count). The number of hydrogen-bond donors (Lipinski definition) is 0.